The Morgan fingerprint density at radius 1 is 1.12 bits per heavy atom. The number of nitrogens with zero attached hydrogens (tertiary/aromatic N) is 3. The average molecular weight is 449 g/mol. The van der Waals surface area contributed by atoms with Crippen molar-refractivity contribution in [1.29, 1.82) is 0 Å². The van der Waals surface area contributed by atoms with Gasteiger partial charge in [0, 0.05) is 36.9 Å². The molecule has 0 saturated carbocycles. The van der Waals surface area contributed by atoms with E-state index in [9.17, 15) is 0 Å². The van der Waals surface area contributed by atoms with E-state index in [-0.39, 0.29) is 12.1 Å². The minimum absolute atomic E-state index is 0.00444. The third-order valence-corrected chi connectivity index (χ3v) is 6.70. The van der Waals surface area contributed by atoms with Crippen molar-refractivity contribution in [3.8, 4) is 0 Å². The zero-order valence-corrected chi connectivity index (χ0v) is 20.3. The molecular formula is C26H32N4OS. The molecule has 1 fully saturated rings. The first-order valence-corrected chi connectivity index (χ1v) is 11.6. The number of aromatic nitrogens is 2. The minimum Gasteiger partial charge on any atom is -0.383 e. The Morgan fingerprint density at radius 3 is 2.50 bits per heavy atom. The van der Waals surface area contributed by atoms with E-state index in [0.29, 0.717) is 12.5 Å². The smallest absolute Gasteiger partial charge is 0.174 e. The monoisotopic (exact) mass is 448 g/mol. The Kier molecular flexibility index (Phi) is 6.63. The fraction of sp³-hybridized carbons (Fsp3) is 0.385. The number of hydrogen-bond acceptors (Lipinski definition) is 3. The van der Waals surface area contributed by atoms with E-state index < -0.39 is 0 Å². The molecule has 1 saturated heterocycles. The predicted octanol–water partition coefficient (Wildman–Crippen LogP) is 5.45. The zero-order chi connectivity index (χ0) is 22.8. The average Bonchev–Trinajstić information content (AvgIpc) is 3.28. The van der Waals surface area contributed by atoms with Gasteiger partial charge in [0.15, 0.2) is 5.11 Å². The third-order valence-electron chi connectivity index (χ3n) is 6.39. The molecule has 0 spiro atoms. The highest BCUT2D eigenvalue weighted by molar-refractivity contribution is 7.80. The Labute approximate surface area is 196 Å². The lowest BCUT2D eigenvalue weighted by atomic mass is 9.96. The number of thiocarbonyl (C=S) groups is 1. The molecule has 2 aromatic heterocycles. The molecular weight excluding hydrogens is 416 g/mol. The van der Waals surface area contributed by atoms with Crippen molar-refractivity contribution < 1.29 is 4.74 Å². The van der Waals surface area contributed by atoms with Crippen LogP contribution in [0.4, 0.5) is 5.69 Å². The van der Waals surface area contributed by atoms with Crippen LogP contribution in [-0.2, 0) is 11.3 Å². The van der Waals surface area contributed by atoms with Gasteiger partial charge in [-0.1, -0.05) is 32.0 Å². The fourth-order valence-corrected chi connectivity index (χ4v) is 4.97. The maximum absolute atomic E-state index is 5.87. The summed E-state index contributed by atoms with van der Waals surface area (Å²) >= 11 is 5.87. The molecule has 0 amide bonds. The number of anilines is 1. The molecule has 32 heavy (non-hydrogen) atoms. The molecule has 6 heteroatoms. The largest absolute Gasteiger partial charge is 0.383 e. The molecule has 0 radical (unpaired) electrons. The molecule has 3 heterocycles. The second kappa shape index (κ2) is 9.43. The summed E-state index contributed by atoms with van der Waals surface area (Å²) in [5, 5.41) is 4.29. The van der Waals surface area contributed by atoms with Gasteiger partial charge >= 0.3 is 0 Å². The first-order valence-electron chi connectivity index (χ1n) is 11.2. The van der Waals surface area contributed by atoms with Crippen LogP contribution in [0.25, 0.3) is 0 Å². The van der Waals surface area contributed by atoms with Crippen LogP contribution in [0.2, 0.25) is 0 Å². The van der Waals surface area contributed by atoms with Gasteiger partial charge in [0.05, 0.1) is 24.4 Å². The molecule has 1 aliphatic heterocycles. The zero-order valence-electron chi connectivity index (χ0n) is 19.5. The standard InChI is InChI=1S/C26H32N4OS/c1-17(2)20-9-11-21(12-10-20)30-25(22-16-18(3)29(19(22)4)14-15-31-5)24(28-26(30)32)23-8-6-7-13-27-23/h6-13,16-17,24-25H,14-15H2,1-5H3,(H,28,32)/t24-,25+/m0/s1. The first-order chi connectivity index (χ1) is 15.4. The van der Waals surface area contributed by atoms with Crippen molar-refractivity contribution in [3.63, 3.8) is 0 Å². The Bertz CT molecular complexity index is 1080. The third kappa shape index (κ3) is 4.17. The second-order valence-electron chi connectivity index (χ2n) is 8.71. The second-order valence-corrected chi connectivity index (χ2v) is 9.10. The van der Waals surface area contributed by atoms with Gasteiger partial charge in [-0.2, -0.15) is 0 Å². The number of aryl methyl sites for hydroxylation is 1. The van der Waals surface area contributed by atoms with Crippen molar-refractivity contribution in [2.45, 2.75) is 52.2 Å². The number of rotatable bonds is 7. The lowest BCUT2D eigenvalue weighted by Gasteiger charge is -2.28. The highest BCUT2D eigenvalue weighted by Crippen LogP contribution is 2.43. The van der Waals surface area contributed by atoms with Crippen molar-refractivity contribution in [2.75, 3.05) is 18.6 Å². The van der Waals surface area contributed by atoms with Crippen LogP contribution >= 0.6 is 12.2 Å². The summed E-state index contributed by atoms with van der Waals surface area (Å²) in [7, 11) is 1.74. The Balaban J connectivity index is 1.81. The summed E-state index contributed by atoms with van der Waals surface area (Å²) in [6.07, 6.45) is 1.85. The lowest BCUT2D eigenvalue weighted by Crippen LogP contribution is -2.29. The van der Waals surface area contributed by atoms with Gasteiger partial charge in [-0.25, -0.2) is 0 Å². The summed E-state index contributed by atoms with van der Waals surface area (Å²) < 4.78 is 7.67. The fourth-order valence-electron chi connectivity index (χ4n) is 4.62. The van der Waals surface area contributed by atoms with Crippen molar-refractivity contribution in [3.05, 3.63) is 82.9 Å². The van der Waals surface area contributed by atoms with Crippen LogP contribution in [0.3, 0.4) is 0 Å². The van der Waals surface area contributed by atoms with Crippen LogP contribution in [-0.4, -0.2) is 28.4 Å². The minimum atomic E-state index is -0.0372. The molecule has 0 unspecified atom stereocenters. The molecule has 2 atom stereocenters. The highest BCUT2D eigenvalue weighted by Gasteiger charge is 2.42. The molecule has 0 aliphatic carbocycles. The number of nitrogens with one attached hydrogen (secondary N) is 1. The molecule has 1 N–H and O–H groups in total. The van der Waals surface area contributed by atoms with E-state index >= 15 is 0 Å². The van der Waals surface area contributed by atoms with Gasteiger partial charge in [0.2, 0.25) is 0 Å². The summed E-state index contributed by atoms with van der Waals surface area (Å²) in [4.78, 5) is 6.92. The molecule has 1 aromatic carbocycles. The summed E-state index contributed by atoms with van der Waals surface area (Å²) in [6.45, 7) is 10.3. The van der Waals surface area contributed by atoms with Crippen molar-refractivity contribution in [2.24, 2.45) is 0 Å². The lowest BCUT2D eigenvalue weighted by molar-refractivity contribution is 0.186. The van der Waals surface area contributed by atoms with Gasteiger partial charge in [-0.15, -0.1) is 0 Å². The Morgan fingerprint density at radius 2 is 1.88 bits per heavy atom. The SMILES string of the molecule is COCCn1c(C)cc([C@@H]2[C@H](c3ccccn3)NC(=S)N2c2ccc(C(C)C)cc2)c1C. The highest BCUT2D eigenvalue weighted by atomic mass is 32.1. The number of pyridine rings is 1. The molecule has 3 aromatic rings. The number of benzene rings is 1. The van der Waals surface area contributed by atoms with Gasteiger partial charge in [-0.3, -0.25) is 4.98 Å². The van der Waals surface area contributed by atoms with E-state index in [0.717, 1.165) is 23.0 Å². The number of hydrogen-bond donors (Lipinski definition) is 1. The molecule has 4 rings (SSSR count). The van der Waals surface area contributed by atoms with Crippen LogP contribution in [0.1, 0.15) is 60.1 Å². The summed E-state index contributed by atoms with van der Waals surface area (Å²) in [5.41, 5.74) is 7.12. The van der Waals surface area contributed by atoms with E-state index in [2.05, 4.69) is 83.9 Å². The van der Waals surface area contributed by atoms with E-state index in [1.807, 2.05) is 18.3 Å². The molecule has 1 aliphatic rings. The summed E-state index contributed by atoms with van der Waals surface area (Å²) in [6, 6.07) is 17.1. The van der Waals surface area contributed by atoms with Crippen LogP contribution in [0.5, 0.6) is 0 Å². The van der Waals surface area contributed by atoms with E-state index in [1.165, 1.54) is 22.5 Å². The van der Waals surface area contributed by atoms with Crippen LogP contribution in [0, 0.1) is 13.8 Å². The van der Waals surface area contributed by atoms with Crippen molar-refractivity contribution >= 4 is 23.0 Å². The van der Waals surface area contributed by atoms with Gasteiger partial charge in [-0.05, 0) is 73.4 Å². The Hall–Kier alpha value is -2.70. The molecule has 168 valence electrons. The quantitative estimate of drug-likeness (QED) is 0.487. The van der Waals surface area contributed by atoms with Gasteiger partial charge in [0.25, 0.3) is 0 Å². The van der Waals surface area contributed by atoms with E-state index in [1.54, 1.807) is 7.11 Å². The number of methoxy groups -OCH3 is 1. The normalized spacial score (nSPS) is 18.4. The van der Waals surface area contributed by atoms with Crippen LogP contribution in [0.15, 0.2) is 54.7 Å². The van der Waals surface area contributed by atoms with Gasteiger partial charge < -0.3 is 19.5 Å². The topological polar surface area (TPSA) is 42.3 Å². The van der Waals surface area contributed by atoms with Gasteiger partial charge in [0.1, 0.15) is 0 Å². The maximum Gasteiger partial charge on any atom is 0.174 e. The maximum atomic E-state index is 5.87. The summed E-state index contributed by atoms with van der Waals surface area (Å²) in [5.74, 6) is 0.490. The number of ether oxygens (including phenoxy) is 1. The van der Waals surface area contributed by atoms with Crippen molar-refractivity contribution in [1.82, 2.24) is 14.9 Å². The van der Waals surface area contributed by atoms with Crippen LogP contribution < -0.4 is 10.2 Å². The predicted molar refractivity (Wildman–Crippen MR) is 134 cm³/mol. The first kappa shape index (κ1) is 22.5. The van der Waals surface area contributed by atoms with E-state index in [4.69, 9.17) is 17.0 Å². The molecule has 5 nitrogen and oxygen atoms in total. The molecule has 0 bridgehead atoms.